The Morgan fingerprint density at radius 2 is 2.22 bits per heavy atom. The van der Waals surface area contributed by atoms with Gasteiger partial charge >= 0.3 is 0 Å². The van der Waals surface area contributed by atoms with Gasteiger partial charge in [-0.15, -0.1) is 0 Å². The zero-order valence-corrected chi connectivity index (χ0v) is 11.4. The molecule has 1 aliphatic rings. The van der Waals surface area contributed by atoms with Crippen molar-refractivity contribution in [2.45, 2.75) is 17.8 Å². The fraction of sp³-hybridized carbons (Fsp3) is 0.286. The van der Waals surface area contributed by atoms with E-state index >= 15 is 0 Å². The number of nitrogens with zero attached hydrogens (tertiary/aromatic N) is 2. The van der Waals surface area contributed by atoms with Gasteiger partial charge in [0.2, 0.25) is 5.91 Å². The van der Waals surface area contributed by atoms with E-state index in [-0.39, 0.29) is 10.7 Å². The van der Waals surface area contributed by atoms with E-state index in [9.17, 15) is 4.79 Å². The second-order valence-electron chi connectivity index (χ2n) is 4.56. The van der Waals surface area contributed by atoms with Crippen LogP contribution in [0.1, 0.15) is 12.0 Å². The summed E-state index contributed by atoms with van der Waals surface area (Å²) in [5.74, 6) is 0.220. The molecule has 1 aliphatic heterocycles. The van der Waals surface area contributed by atoms with Gasteiger partial charge in [0.05, 0.1) is 5.52 Å². The number of carbonyl (C=O) groups excluding carboxylic acids is 1. The summed E-state index contributed by atoms with van der Waals surface area (Å²) in [5, 5.41) is 1.13. The molecule has 1 fully saturated rings. The van der Waals surface area contributed by atoms with Gasteiger partial charge in [-0.3, -0.25) is 9.78 Å². The Morgan fingerprint density at radius 3 is 3.00 bits per heavy atom. The van der Waals surface area contributed by atoms with Gasteiger partial charge in [0.15, 0.2) is 0 Å². The molecule has 0 saturated carbocycles. The fourth-order valence-corrected chi connectivity index (χ4v) is 3.01. The van der Waals surface area contributed by atoms with E-state index in [1.807, 2.05) is 23.1 Å². The van der Waals surface area contributed by atoms with Crippen molar-refractivity contribution in [1.82, 2.24) is 9.88 Å². The molecular formula is C14H13BrN2O. The Morgan fingerprint density at radius 1 is 1.33 bits per heavy atom. The maximum Gasteiger partial charge on any atom is 0.224 e. The number of aromatic nitrogens is 1. The molecule has 2 aromatic rings. The third-order valence-electron chi connectivity index (χ3n) is 3.26. The first-order chi connectivity index (χ1) is 8.74. The second kappa shape index (κ2) is 4.69. The molecule has 0 radical (unpaired) electrons. The van der Waals surface area contributed by atoms with E-state index in [4.69, 9.17) is 0 Å². The number of fused-ring (bicyclic) bond motifs is 1. The van der Waals surface area contributed by atoms with E-state index in [2.05, 4.69) is 33.0 Å². The highest BCUT2D eigenvalue weighted by molar-refractivity contribution is 9.09. The van der Waals surface area contributed by atoms with Gasteiger partial charge in [-0.05, 0) is 17.7 Å². The number of halogens is 1. The van der Waals surface area contributed by atoms with E-state index < -0.39 is 0 Å². The first-order valence-electron chi connectivity index (χ1n) is 5.98. The SMILES string of the molecule is O=C1CC(Br)CN1Cc1cccc2ncccc12. The quantitative estimate of drug-likeness (QED) is 0.799. The minimum Gasteiger partial charge on any atom is -0.337 e. The number of hydrogen-bond acceptors (Lipinski definition) is 2. The molecule has 1 unspecified atom stereocenters. The molecular weight excluding hydrogens is 292 g/mol. The summed E-state index contributed by atoms with van der Waals surface area (Å²) >= 11 is 3.51. The summed E-state index contributed by atoms with van der Waals surface area (Å²) in [6.07, 6.45) is 2.39. The molecule has 4 heteroatoms. The van der Waals surface area contributed by atoms with Crippen LogP contribution in [-0.4, -0.2) is 27.2 Å². The Hall–Kier alpha value is -1.42. The predicted octanol–water partition coefficient (Wildman–Crippen LogP) is 2.73. The summed E-state index contributed by atoms with van der Waals surface area (Å²) in [5.41, 5.74) is 2.15. The average Bonchev–Trinajstić information content (AvgIpc) is 2.68. The number of alkyl halides is 1. The van der Waals surface area contributed by atoms with Gasteiger partial charge < -0.3 is 4.90 Å². The standard InChI is InChI=1S/C14H13BrN2O/c15-11-7-14(18)17(9-11)8-10-3-1-5-13-12(10)4-2-6-16-13/h1-6,11H,7-9H2. The summed E-state index contributed by atoms with van der Waals surface area (Å²) < 4.78 is 0. The Kier molecular flexibility index (Phi) is 3.04. The lowest BCUT2D eigenvalue weighted by Crippen LogP contribution is -2.24. The van der Waals surface area contributed by atoms with Crippen LogP contribution in [0.4, 0.5) is 0 Å². The summed E-state index contributed by atoms with van der Waals surface area (Å²) in [6.45, 7) is 1.46. The topological polar surface area (TPSA) is 33.2 Å². The van der Waals surface area contributed by atoms with Gasteiger partial charge in [0.25, 0.3) is 0 Å². The van der Waals surface area contributed by atoms with Gasteiger partial charge in [-0.25, -0.2) is 0 Å². The highest BCUT2D eigenvalue weighted by atomic mass is 79.9. The van der Waals surface area contributed by atoms with Crippen LogP contribution in [0.3, 0.4) is 0 Å². The van der Waals surface area contributed by atoms with Crippen molar-refractivity contribution in [3.05, 3.63) is 42.1 Å². The van der Waals surface area contributed by atoms with Crippen molar-refractivity contribution in [2.24, 2.45) is 0 Å². The van der Waals surface area contributed by atoms with Gasteiger partial charge in [-0.1, -0.05) is 34.1 Å². The highest BCUT2D eigenvalue weighted by Crippen LogP contribution is 2.23. The van der Waals surface area contributed by atoms with E-state index in [0.29, 0.717) is 13.0 Å². The van der Waals surface area contributed by atoms with E-state index in [1.54, 1.807) is 6.20 Å². The summed E-state index contributed by atoms with van der Waals surface area (Å²) in [4.78, 5) is 18.3. The number of benzene rings is 1. The Balaban J connectivity index is 1.93. The van der Waals surface area contributed by atoms with Crippen LogP contribution >= 0.6 is 15.9 Å². The minimum atomic E-state index is 0.220. The second-order valence-corrected chi connectivity index (χ2v) is 5.86. The summed E-state index contributed by atoms with van der Waals surface area (Å²) in [7, 11) is 0. The Bertz CT molecular complexity index is 594. The molecule has 1 aromatic heterocycles. The molecule has 92 valence electrons. The molecule has 1 atom stereocenters. The minimum absolute atomic E-state index is 0.220. The molecule has 2 heterocycles. The predicted molar refractivity (Wildman–Crippen MR) is 74.5 cm³/mol. The van der Waals surface area contributed by atoms with Crippen LogP contribution in [-0.2, 0) is 11.3 Å². The number of amides is 1. The maximum absolute atomic E-state index is 11.8. The lowest BCUT2D eigenvalue weighted by molar-refractivity contribution is -0.128. The van der Waals surface area contributed by atoms with E-state index in [0.717, 1.165) is 23.0 Å². The number of carbonyl (C=O) groups is 1. The first kappa shape index (κ1) is 11.7. The molecule has 1 aromatic carbocycles. The molecule has 0 N–H and O–H groups in total. The van der Waals surface area contributed by atoms with Crippen LogP contribution in [0, 0.1) is 0 Å². The van der Waals surface area contributed by atoms with Crippen molar-refractivity contribution in [3.8, 4) is 0 Å². The van der Waals surface area contributed by atoms with Crippen molar-refractivity contribution in [2.75, 3.05) is 6.54 Å². The molecule has 1 amide bonds. The monoisotopic (exact) mass is 304 g/mol. The van der Waals surface area contributed by atoms with Crippen LogP contribution in [0.2, 0.25) is 0 Å². The van der Waals surface area contributed by atoms with Gasteiger partial charge in [0, 0.05) is 35.9 Å². The van der Waals surface area contributed by atoms with Crippen LogP contribution in [0.25, 0.3) is 10.9 Å². The zero-order valence-electron chi connectivity index (χ0n) is 9.84. The van der Waals surface area contributed by atoms with Crippen molar-refractivity contribution in [3.63, 3.8) is 0 Å². The van der Waals surface area contributed by atoms with Crippen molar-refractivity contribution >= 4 is 32.7 Å². The number of likely N-dealkylation sites (tertiary alicyclic amines) is 1. The number of pyridine rings is 1. The van der Waals surface area contributed by atoms with Crippen molar-refractivity contribution < 1.29 is 4.79 Å². The van der Waals surface area contributed by atoms with Gasteiger partial charge in [0.1, 0.15) is 0 Å². The molecule has 1 saturated heterocycles. The molecule has 0 aliphatic carbocycles. The molecule has 18 heavy (non-hydrogen) atoms. The van der Waals surface area contributed by atoms with Crippen LogP contribution in [0.15, 0.2) is 36.5 Å². The number of rotatable bonds is 2. The van der Waals surface area contributed by atoms with Crippen LogP contribution < -0.4 is 0 Å². The average molecular weight is 305 g/mol. The Labute approximate surface area is 114 Å². The lowest BCUT2D eigenvalue weighted by atomic mass is 10.1. The fourth-order valence-electron chi connectivity index (χ4n) is 2.39. The van der Waals surface area contributed by atoms with Gasteiger partial charge in [-0.2, -0.15) is 0 Å². The number of hydrogen-bond donors (Lipinski definition) is 0. The lowest BCUT2D eigenvalue weighted by Gasteiger charge is -2.17. The highest BCUT2D eigenvalue weighted by Gasteiger charge is 2.27. The molecule has 3 nitrogen and oxygen atoms in total. The molecule has 3 rings (SSSR count). The zero-order chi connectivity index (χ0) is 12.5. The van der Waals surface area contributed by atoms with Crippen LogP contribution in [0.5, 0.6) is 0 Å². The summed E-state index contributed by atoms with van der Waals surface area (Å²) in [6, 6.07) is 10.1. The first-order valence-corrected chi connectivity index (χ1v) is 6.90. The van der Waals surface area contributed by atoms with E-state index in [1.165, 1.54) is 0 Å². The largest absolute Gasteiger partial charge is 0.337 e. The smallest absolute Gasteiger partial charge is 0.224 e. The third kappa shape index (κ3) is 2.12. The van der Waals surface area contributed by atoms with Crippen molar-refractivity contribution in [1.29, 1.82) is 0 Å². The normalized spacial score (nSPS) is 19.7. The molecule has 0 spiro atoms. The third-order valence-corrected chi connectivity index (χ3v) is 3.88. The molecule has 0 bridgehead atoms. The maximum atomic E-state index is 11.8.